The second-order valence-electron chi connectivity index (χ2n) is 8.31. The van der Waals surface area contributed by atoms with Crippen molar-refractivity contribution in [2.24, 2.45) is 0 Å². The second-order valence-corrected chi connectivity index (χ2v) is 9.15. The lowest BCUT2D eigenvalue weighted by Gasteiger charge is -2.32. The maximum atomic E-state index is 12.6. The van der Waals surface area contributed by atoms with E-state index in [0.717, 1.165) is 32.5 Å². The molecule has 0 unspecified atom stereocenters. The first-order chi connectivity index (χ1) is 13.7. The zero-order chi connectivity index (χ0) is 21.0. The number of hydrogen-bond donors (Lipinski definition) is 2. The third-order valence-corrected chi connectivity index (χ3v) is 5.78. The van der Waals surface area contributed by atoms with E-state index in [-0.39, 0.29) is 17.6 Å². The van der Waals surface area contributed by atoms with E-state index in [0.29, 0.717) is 5.13 Å². The molecule has 7 nitrogen and oxygen atoms in total. The summed E-state index contributed by atoms with van der Waals surface area (Å²) < 4.78 is 0. The molecule has 2 heterocycles. The van der Waals surface area contributed by atoms with Gasteiger partial charge in [-0.05, 0) is 39.2 Å². The molecule has 156 valence electrons. The molecule has 1 fully saturated rings. The lowest BCUT2D eigenvalue weighted by molar-refractivity contribution is 0.0904. The van der Waals surface area contributed by atoms with E-state index in [1.807, 2.05) is 6.07 Å². The number of carboxylic acid groups (broad SMARTS) is 1. The van der Waals surface area contributed by atoms with Gasteiger partial charge in [0.15, 0.2) is 5.13 Å². The summed E-state index contributed by atoms with van der Waals surface area (Å²) in [6.45, 7) is 8.18. The minimum absolute atomic E-state index is 0.109. The van der Waals surface area contributed by atoms with E-state index in [1.54, 1.807) is 26.2 Å². The second kappa shape index (κ2) is 8.92. The zero-order valence-corrected chi connectivity index (χ0v) is 17.9. The Morgan fingerprint density at radius 1 is 1.24 bits per heavy atom. The van der Waals surface area contributed by atoms with Gasteiger partial charge < -0.3 is 10.4 Å². The van der Waals surface area contributed by atoms with Gasteiger partial charge in [0, 0.05) is 36.6 Å². The zero-order valence-electron chi connectivity index (χ0n) is 17.1. The number of nitrogens with zero attached hydrogens (tertiary/aromatic N) is 3. The van der Waals surface area contributed by atoms with Gasteiger partial charge in [0.2, 0.25) is 0 Å². The molecule has 2 N–H and O–H groups in total. The van der Waals surface area contributed by atoms with Crippen LogP contribution in [-0.4, -0.2) is 51.7 Å². The Morgan fingerprint density at radius 2 is 1.90 bits per heavy atom. The summed E-state index contributed by atoms with van der Waals surface area (Å²) >= 11 is 1.17. The summed E-state index contributed by atoms with van der Waals surface area (Å²) in [4.78, 5) is 32.0. The van der Waals surface area contributed by atoms with E-state index >= 15 is 0 Å². The minimum atomic E-state index is -1.08. The Bertz CT molecular complexity index is 839. The normalized spacial score (nSPS) is 15.8. The number of aromatic nitrogens is 1. The molecular weight excluding hydrogens is 388 g/mol. The predicted octanol–water partition coefficient (Wildman–Crippen LogP) is 3.82. The highest BCUT2D eigenvalue weighted by Crippen LogP contribution is 2.27. The smallest absolute Gasteiger partial charge is 0.414 e. The molecule has 1 aromatic heterocycles. The average molecular weight is 417 g/mol. The highest BCUT2D eigenvalue weighted by Gasteiger charge is 2.31. The van der Waals surface area contributed by atoms with Crippen molar-refractivity contribution in [3.63, 3.8) is 0 Å². The van der Waals surface area contributed by atoms with Crippen molar-refractivity contribution in [2.75, 3.05) is 18.0 Å². The Hall–Kier alpha value is -2.45. The first kappa shape index (κ1) is 21.3. The third kappa shape index (κ3) is 5.55. The van der Waals surface area contributed by atoms with Crippen molar-refractivity contribution >= 4 is 28.5 Å². The van der Waals surface area contributed by atoms with Crippen molar-refractivity contribution in [2.45, 2.75) is 51.7 Å². The lowest BCUT2D eigenvalue weighted by atomic mass is 10.0. The summed E-state index contributed by atoms with van der Waals surface area (Å²) in [6.07, 6.45) is 0.696. The topological polar surface area (TPSA) is 85.8 Å². The number of carbonyl (C=O) groups excluding carboxylic acids is 1. The fourth-order valence-corrected chi connectivity index (χ4v) is 4.45. The quantitative estimate of drug-likeness (QED) is 0.774. The number of benzene rings is 1. The van der Waals surface area contributed by atoms with Crippen LogP contribution < -0.4 is 10.2 Å². The van der Waals surface area contributed by atoms with Crippen LogP contribution in [0.4, 0.5) is 9.93 Å². The van der Waals surface area contributed by atoms with Gasteiger partial charge in [-0.3, -0.25) is 9.69 Å². The fourth-order valence-electron chi connectivity index (χ4n) is 3.46. The summed E-state index contributed by atoms with van der Waals surface area (Å²) in [7, 11) is 0. The van der Waals surface area contributed by atoms with Crippen LogP contribution in [0.25, 0.3) is 0 Å². The first-order valence-corrected chi connectivity index (χ1v) is 10.7. The van der Waals surface area contributed by atoms with Gasteiger partial charge in [0.25, 0.3) is 5.91 Å². The molecule has 0 saturated carbocycles. The minimum Gasteiger partial charge on any atom is -0.465 e. The highest BCUT2D eigenvalue weighted by molar-refractivity contribution is 7.14. The van der Waals surface area contributed by atoms with Crippen molar-refractivity contribution in [3.05, 3.63) is 47.0 Å². The molecule has 2 aromatic rings. The lowest BCUT2D eigenvalue weighted by Crippen LogP contribution is -2.45. The van der Waals surface area contributed by atoms with Gasteiger partial charge in [-0.1, -0.05) is 30.3 Å². The van der Waals surface area contributed by atoms with E-state index in [2.05, 4.69) is 39.5 Å². The van der Waals surface area contributed by atoms with Crippen LogP contribution in [0.5, 0.6) is 0 Å². The van der Waals surface area contributed by atoms with E-state index in [9.17, 15) is 14.7 Å². The Kier molecular flexibility index (Phi) is 6.54. The molecule has 1 saturated heterocycles. The Labute approximate surface area is 175 Å². The molecule has 8 heteroatoms. The maximum absolute atomic E-state index is 12.6. The number of nitrogens with one attached hydrogen (secondary N) is 1. The Morgan fingerprint density at radius 3 is 2.48 bits per heavy atom. The van der Waals surface area contributed by atoms with Crippen LogP contribution in [0.3, 0.4) is 0 Å². The summed E-state index contributed by atoms with van der Waals surface area (Å²) in [5.41, 5.74) is 0.933. The number of rotatable bonds is 5. The van der Waals surface area contributed by atoms with Crippen LogP contribution in [-0.2, 0) is 6.54 Å². The molecular formula is C21H28N4O3S. The SMILES string of the molecule is CC(C)(C)N(C(=O)O)c1nc(C(=O)NC2CCN(Cc3ccccc3)CC2)cs1. The number of likely N-dealkylation sites (tertiary alicyclic amines) is 1. The van der Waals surface area contributed by atoms with Crippen LogP contribution in [0.1, 0.15) is 49.7 Å². The first-order valence-electron chi connectivity index (χ1n) is 9.80. The molecule has 2 amide bonds. The fraction of sp³-hybridized carbons (Fsp3) is 0.476. The number of anilines is 1. The average Bonchev–Trinajstić information content (AvgIpc) is 3.12. The number of amides is 2. The van der Waals surface area contributed by atoms with Gasteiger partial charge in [-0.15, -0.1) is 11.3 Å². The van der Waals surface area contributed by atoms with Crippen LogP contribution in [0, 0.1) is 0 Å². The molecule has 1 aromatic carbocycles. The predicted molar refractivity (Wildman–Crippen MR) is 115 cm³/mol. The largest absolute Gasteiger partial charge is 0.465 e. The van der Waals surface area contributed by atoms with Gasteiger partial charge in [0.1, 0.15) is 5.69 Å². The molecule has 3 rings (SSSR count). The highest BCUT2D eigenvalue weighted by atomic mass is 32.1. The molecule has 0 bridgehead atoms. The summed E-state index contributed by atoms with van der Waals surface area (Å²) in [5, 5.41) is 14.5. The number of thiazole rings is 1. The molecule has 0 spiro atoms. The maximum Gasteiger partial charge on any atom is 0.414 e. The summed E-state index contributed by atoms with van der Waals surface area (Å²) in [6, 6.07) is 10.5. The van der Waals surface area contributed by atoms with Crippen LogP contribution >= 0.6 is 11.3 Å². The molecule has 1 aliphatic rings. The van der Waals surface area contributed by atoms with Crippen molar-refractivity contribution in [1.82, 2.24) is 15.2 Å². The van der Waals surface area contributed by atoms with Crippen molar-refractivity contribution in [3.8, 4) is 0 Å². The van der Waals surface area contributed by atoms with Gasteiger partial charge >= 0.3 is 6.09 Å². The third-order valence-electron chi connectivity index (χ3n) is 4.95. The number of hydrogen-bond acceptors (Lipinski definition) is 5. The van der Waals surface area contributed by atoms with Crippen LogP contribution in [0.15, 0.2) is 35.7 Å². The van der Waals surface area contributed by atoms with Crippen LogP contribution in [0.2, 0.25) is 0 Å². The molecule has 29 heavy (non-hydrogen) atoms. The van der Waals surface area contributed by atoms with E-state index in [1.165, 1.54) is 21.8 Å². The van der Waals surface area contributed by atoms with E-state index < -0.39 is 11.6 Å². The Balaban J connectivity index is 1.54. The molecule has 0 atom stereocenters. The molecule has 0 radical (unpaired) electrons. The van der Waals surface area contributed by atoms with E-state index in [4.69, 9.17) is 0 Å². The van der Waals surface area contributed by atoms with Gasteiger partial charge in [0.05, 0.1) is 0 Å². The van der Waals surface area contributed by atoms with Crippen molar-refractivity contribution in [1.29, 1.82) is 0 Å². The molecule has 1 aliphatic heterocycles. The molecule has 0 aliphatic carbocycles. The summed E-state index contributed by atoms with van der Waals surface area (Å²) in [5.74, 6) is -0.242. The van der Waals surface area contributed by atoms with Crippen molar-refractivity contribution < 1.29 is 14.7 Å². The monoisotopic (exact) mass is 416 g/mol. The van der Waals surface area contributed by atoms with Gasteiger partial charge in [-0.25, -0.2) is 14.7 Å². The number of carbonyl (C=O) groups is 2. The van der Waals surface area contributed by atoms with Gasteiger partial charge in [-0.2, -0.15) is 0 Å². The number of piperidine rings is 1. The standard InChI is InChI=1S/C21H28N4O3S/c1-21(2,3)25(20(27)28)19-23-17(14-29-19)18(26)22-16-9-11-24(12-10-16)13-15-7-5-4-6-8-15/h4-8,14,16H,9-13H2,1-3H3,(H,22,26)(H,27,28).